The fraction of sp³-hybridized carbons (Fsp3) is 0.647. The monoisotopic (exact) mass is 277 g/mol. The summed E-state index contributed by atoms with van der Waals surface area (Å²) >= 11 is 0. The normalized spacial score (nSPS) is 19.0. The van der Waals surface area contributed by atoms with Crippen molar-refractivity contribution in [2.45, 2.75) is 39.7 Å². The molecule has 112 valence electrons. The molecule has 2 rings (SSSR count). The number of rotatable bonds is 5. The average Bonchev–Trinajstić information content (AvgIpc) is 2.43. The van der Waals surface area contributed by atoms with E-state index in [0.717, 1.165) is 44.8 Å². The lowest BCUT2D eigenvalue weighted by atomic mass is 9.92. The van der Waals surface area contributed by atoms with E-state index in [2.05, 4.69) is 36.9 Å². The predicted octanol–water partition coefficient (Wildman–Crippen LogP) is 2.78. The van der Waals surface area contributed by atoms with Crippen molar-refractivity contribution in [1.82, 2.24) is 4.90 Å². The minimum atomic E-state index is -0.164. The molecule has 0 saturated carbocycles. The van der Waals surface area contributed by atoms with E-state index in [9.17, 15) is 5.11 Å². The van der Waals surface area contributed by atoms with Gasteiger partial charge in [0.15, 0.2) is 0 Å². The van der Waals surface area contributed by atoms with Crippen LogP contribution in [0.3, 0.4) is 0 Å². The van der Waals surface area contributed by atoms with Gasteiger partial charge in [0.1, 0.15) is 12.4 Å². The van der Waals surface area contributed by atoms with Crippen LogP contribution < -0.4 is 4.74 Å². The van der Waals surface area contributed by atoms with Crippen molar-refractivity contribution >= 4 is 0 Å². The molecule has 1 aromatic carbocycles. The van der Waals surface area contributed by atoms with E-state index >= 15 is 0 Å². The second kappa shape index (κ2) is 7.09. The van der Waals surface area contributed by atoms with Gasteiger partial charge in [0.05, 0.1) is 6.10 Å². The van der Waals surface area contributed by atoms with Gasteiger partial charge < -0.3 is 9.84 Å². The van der Waals surface area contributed by atoms with Crippen LogP contribution >= 0.6 is 0 Å². The van der Waals surface area contributed by atoms with Gasteiger partial charge in [-0.3, -0.25) is 4.90 Å². The molecule has 1 aliphatic heterocycles. The Morgan fingerprint density at radius 2 is 2.00 bits per heavy atom. The van der Waals surface area contributed by atoms with Gasteiger partial charge in [-0.05, 0) is 69.8 Å². The minimum absolute atomic E-state index is 0.164. The molecule has 0 radical (unpaired) electrons. The van der Waals surface area contributed by atoms with Gasteiger partial charge in [-0.2, -0.15) is 0 Å². The molecule has 3 nitrogen and oxygen atoms in total. The van der Waals surface area contributed by atoms with Crippen LogP contribution in [0.2, 0.25) is 0 Å². The molecule has 1 N–H and O–H groups in total. The average molecular weight is 277 g/mol. The highest BCUT2D eigenvalue weighted by molar-refractivity contribution is 5.35. The molecule has 3 heteroatoms. The lowest BCUT2D eigenvalue weighted by molar-refractivity contribution is 0.0671. The first-order chi connectivity index (χ1) is 9.56. The Bertz CT molecular complexity index is 423. The van der Waals surface area contributed by atoms with E-state index in [0.29, 0.717) is 5.92 Å². The number of piperidine rings is 1. The maximum absolute atomic E-state index is 9.60. The third-order valence-electron chi connectivity index (χ3n) is 4.32. The summed E-state index contributed by atoms with van der Waals surface area (Å²) in [6.45, 7) is 9.95. The van der Waals surface area contributed by atoms with Crippen LogP contribution in [0, 0.1) is 19.8 Å². The first-order valence-electron chi connectivity index (χ1n) is 7.66. The summed E-state index contributed by atoms with van der Waals surface area (Å²) in [6, 6.07) is 6.33. The lowest BCUT2D eigenvalue weighted by Crippen LogP contribution is -2.39. The molecule has 1 unspecified atom stereocenters. The summed E-state index contributed by atoms with van der Waals surface area (Å²) in [5.74, 6) is 1.48. The number of aliphatic hydroxyl groups excluding tert-OH is 1. The molecule has 20 heavy (non-hydrogen) atoms. The first-order valence-corrected chi connectivity index (χ1v) is 7.66. The number of likely N-dealkylation sites (tertiary alicyclic amines) is 1. The smallest absolute Gasteiger partial charge is 0.122 e. The predicted molar refractivity (Wildman–Crippen MR) is 82.3 cm³/mol. The number of benzene rings is 1. The topological polar surface area (TPSA) is 32.7 Å². The van der Waals surface area contributed by atoms with Crippen molar-refractivity contribution < 1.29 is 9.84 Å². The molecule has 1 aliphatic rings. The van der Waals surface area contributed by atoms with Gasteiger partial charge in [0.25, 0.3) is 0 Å². The molecule has 1 fully saturated rings. The van der Waals surface area contributed by atoms with E-state index in [1.807, 2.05) is 6.92 Å². The molecular weight excluding hydrogens is 250 g/mol. The number of hydrogen-bond donors (Lipinski definition) is 1. The Morgan fingerprint density at radius 1 is 1.30 bits per heavy atom. The van der Waals surface area contributed by atoms with Crippen LogP contribution in [-0.4, -0.2) is 42.4 Å². The van der Waals surface area contributed by atoms with E-state index in [1.54, 1.807) is 0 Å². The zero-order valence-corrected chi connectivity index (χ0v) is 12.9. The third kappa shape index (κ3) is 4.22. The zero-order chi connectivity index (χ0) is 14.5. The molecule has 0 aliphatic carbocycles. The Labute approximate surface area is 122 Å². The number of ether oxygens (including phenoxy) is 1. The Kier molecular flexibility index (Phi) is 5.44. The highest BCUT2D eigenvalue weighted by Gasteiger charge is 2.22. The van der Waals surface area contributed by atoms with Gasteiger partial charge in [-0.25, -0.2) is 0 Å². The summed E-state index contributed by atoms with van der Waals surface area (Å²) in [7, 11) is 0. The number of aliphatic hydroxyl groups is 1. The third-order valence-corrected chi connectivity index (χ3v) is 4.32. The fourth-order valence-electron chi connectivity index (χ4n) is 2.81. The van der Waals surface area contributed by atoms with E-state index in [-0.39, 0.29) is 6.10 Å². The highest BCUT2D eigenvalue weighted by Crippen LogP contribution is 2.21. The molecular formula is C17H27NO2. The molecule has 1 heterocycles. The van der Waals surface area contributed by atoms with Gasteiger partial charge in [-0.1, -0.05) is 12.1 Å². The number of nitrogens with zero attached hydrogens (tertiary/aromatic N) is 1. The van der Waals surface area contributed by atoms with Crippen LogP contribution in [0.1, 0.15) is 30.9 Å². The standard InChI is InChI=1S/C17H27NO2/c1-13-4-5-14(2)17(12-13)20-11-10-18-8-6-16(7-9-18)15(3)19/h4-5,12,15-16,19H,6-11H2,1-3H3. The van der Waals surface area contributed by atoms with Crippen LogP contribution in [0.25, 0.3) is 0 Å². The molecule has 1 atom stereocenters. The molecule has 0 bridgehead atoms. The Hall–Kier alpha value is -1.06. The summed E-state index contributed by atoms with van der Waals surface area (Å²) in [5.41, 5.74) is 2.44. The number of hydrogen-bond acceptors (Lipinski definition) is 3. The largest absolute Gasteiger partial charge is 0.492 e. The van der Waals surface area contributed by atoms with Gasteiger partial charge in [-0.15, -0.1) is 0 Å². The van der Waals surface area contributed by atoms with Crippen molar-refractivity contribution in [3.05, 3.63) is 29.3 Å². The van der Waals surface area contributed by atoms with E-state index in [4.69, 9.17) is 4.74 Å². The van der Waals surface area contributed by atoms with Gasteiger partial charge in [0, 0.05) is 6.54 Å². The van der Waals surface area contributed by atoms with Crippen LogP contribution in [-0.2, 0) is 0 Å². The maximum atomic E-state index is 9.60. The fourth-order valence-corrected chi connectivity index (χ4v) is 2.81. The molecule has 0 spiro atoms. The molecule has 1 aromatic rings. The van der Waals surface area contributed by atoms with E-state index < -0.39 is 0 Å². The summed E-state index contributed by atoms with van der Waals surface area (Å²) in [4.78, 5) is 2.43. The second-order valence-corrected chi connectivity index (χ2v) is 6.04. The summed E-state index contributed by atoms with van der Waals surface area (Å²) in [5, 5.41) is 9.60. The van der Waals surface area contributed by atoms with Crippen LogP contribution in [0.15, 0.2) is 18.2 Å². The lowest BCUT2D eigenvalue weighted by Gasteiger charge is -2.33. The SMILES string of the molecule is Cc1ccc(C)c(OCCN2CCC(C(C)O)CC2)c1. The van der Waals surface area contributed by atoms with Crippen molar-refractivity contribution in [2.24, 2.45) is 5.92 Å². The van der Waals surface area contributed by atoms with E-state index in [1.165, 1.54) is 11.1 Å². The van der Waals surface area contributed by atoms with Crippen molar-refractivity contribution in [1.29, 1.82) is 0 Å². The first kappa shape index (κ1) is 15.3. The molecule has 0 aromatic heterocycles. The van der Waals surface area contributed by atoms with Gasteiger partial charge >= 0.3 is 0 Å². The minimum Gasteiger partial charge on any atom is -0.492 e. The summed E-state index contributed by atoms with van der Waals surface area (Å²) < 4.78 is 5.90. The number of aryl methyl sites for hydroxylation is 2. The highest BCUT2D eigenvalue weighted by atomic mass is 16.5. The zero-order valence-electron chi connectivity index (χ0n) is 12.9. The molecule has 1 saturated heterocycles. The second-order valence-electron chi connectivity index (χ2n) is 6.04. The van der Waals surface area contributed by atoms with Crippen molar-refractivity contribution in [2.75, 3.05) is 26.2 Å². The maximum Gasteiger partial charge on any atom is 0.122 e. The molecule has 0 amide bonds. The van der Waals surface area contributed by atoms with Crippen LogP contribution in [0.5, 0.6) is 5.75 Å². The Balaban J connectivity index is 1.73. The summed E-state index contributed by atoms with van der Waals surface area (Å²) in [6.07, 6.45) is 2.03. The van der Waals surface area contributed by atoms with Crippen LogP contribution in [0.4, 0.5) is 0 Å². The quantitative estimate of drug-likeness (QED) is 0.898. The Morgan fingerprint density at radius 3 is 2.65 bits per heavy atom. The van der Waals surface area contributed by atoms with Gasteiger partial charge in [0.2, 0.25) is 0 Å². The van der Waals surface area contributed by atoms with Crippen molar-refractivity contribution in [3.8, 4) is 5.75 Å². The van der Waals surface area contributed by atoms with Crippen molar-refractivity contribution in [3.63, 3.8) is 0 Å².